The molecule has 1 aliphatic heterocycles. The molecule has 24 heavy (non-hydrogen) atoms. The second-order valence-electron chi connectivity index (χ2n) is 6.83. The molecule has 4 rings (SSSR count). The fourth-order valence-electron chi connectivity index (χ4n) is 3.45. The SMILES string of the molecule is Cc1cc2c(c(-c3ccccn3)c1)O[C@@H](CNC(=O)C1CCC1)C2. The van der Waals surface area contributed by atoms with Gasteiger partial charge in [-0.1, -0.05) is 18.6 Å². The Labute approximate surface area is 142 Å². The molecule has 2 aliphatic rings. The van der Waals surface area contributed by atoms with Gasteiger partial charge in [0.1, 0.15) is 11.9 Å². The number of carbonyl (C=O) groups is 1. The maximum absolute atomic E-state index is 12.0. The number of rotatable bonds is 4. The molecular formula is C20H22N2O2. The third-order valence-corrected chi connectivity index (χ3v) is 4.96. The summed E-state index contributed by atoms with van der Waals surface area (Å²) in [4.78, 5) is 16.5. The van der Waals surface area contributed by atoms with E-state index in [1.165, 1.54) is 17.5 Å². The highest BCUT2D eigenvalue weighted by Gasteiger charge is 2.29. The summed E-state index contributed by atoms with van der Waals surface area (Å²) >= 11 is 0. The maximum Gasteiger partial charge on any atom is 0.223 e. The lowest BCUT2D eigenvalue weighted by Gasteiger charge is -2.24. The number of aromatic nitrogens is 1. The maximum atomic E-state index is 12.0. The molecule has 4 heteroatoms. The highest BCUT2D eigenvalue weighted by molar-refractivity contribution is 5.79. The molecule has 1 atom stereocenters. The number of benzene rings is 1. The summed E-state index contributed by atoms with van der Waals surface area (Å²) in [5.74, 6) is 1.32. The van der Waals surface area contributed by atoms with Gasteiger partial charge in [0.25, 0.3) is 0 Å². The molecule has 1 saturated carbocycles. The van der Waals surface area contributed by atoms with Crippen LogP contribution in [-0.2, 0) is 11.2 Å². The van der Waals surface area contributed by atoms with Gasteiger partial charge in [-0.3, -0.25) is 9.78 Å². The highest BCUT2D eigenvalue weighted by Crippen LogP contribution is 2.39. The topological polar surface area (TPSA) is 51.2 Å². The van der Waals surface area contributed by atoms with Crippen LogP contribution < -0.4 is 10.1 Å². The van der Waals surface area contributed by atoms with Crippen molar-refractivity contribution >= 4 is 5.91 Å². The van der Waals surface area contributed by atoms with E-state index < -0.39 is 0 Å². The molecule has 1 aliphatic carbocycles. The summed E-state index contributed by atoms with van der Waals surface area (Å²) < 4.78 is 6.17. The zero-order chi connectivity index (χ0) is 16.5. The minimum absolute atomic E-state index is 0.00767. The van der Waals surface area contributed by atoms with E-state index >= 15 is 0 Å². The summed E-state index contributed by atoms with van der Waals surface area (Å²) in [6.07, 6.45) is 5.88. The van der Waals surface area contributed by atoms with Crippen LogP contribution in [0.4, 0.5) is 0 Å². The van der Waals surface area contributed by atoms with E-state index in [1.54, 1.807) is 6.20 Å². The zero-order valence-electron chi connectivity index (χ0n) is 13.9. The van der Waals surface area contributed by atoms with E-state index in [0.29, 0.717) is 6.54 Å². The fraction of sp³-hybridized carbons (Fsp3) is 0.400. The van der Waals surface area contributed by atoms with Crippen molar-refractivity contribution in [3.05, 3.63) is 47.7 Å². The van der Waals surface area contributed by atoms with E-state index in [1.807, 2.05) is 18.2 Å². The number of fused-ring (bicyclic) bond motifs is 1. The lowest BCUT2D eigenvalue weighted by Crippen LogP contribution is -2.40. The molecular weight excluding hydrogens is 300 g/mol. The third-order valence-electron chi connectivity index (χ3n) is 4.96. The van der Waals surface area contributed by atoms with Gasteiger partial charge >= 0.3 is 0 Å². The Hall–Kier alpha value is -2.36. The van der Waals surface area contributed by atoms with Crippen LogP contribution in [0.5, 0.6) is 5.75 Å². The van der Waals surface area contributed by atoms with E-state index in [9.17, 15) is 4.79 Å². The van der Waals surface area contributed by atoms with Crippen molar-refractivity contribution in [2.75, 3.05) is 6.54 Å². The summed E-state index contributed by atoms with van der Waals surface area (Å²) in [5, 5.41) is 3.06. The third kappa shape index (κ3) is 2.88. The van der Waals surface area contributed by atoms with Crippen molar-refractivity contribution in [3.8, 4) is 17.0 Å². The van der Waals surface area contributed by atoms with Gasteiger partial charge in [-0.2, -0.15) is 0 Å². The molecule has 4 nitrogen and oxygen atoms in total. The van der Waals surface area contributed by atoms with Crippen LogP contribution in [0.15, 0.2) is 36.5 Å². The number of pyridine rings is 1. The number of ether oxygens (including phenoxy) is 1. The first-order chi connectivity index (χ1) is 11.7. The number of hydrogen-bond acceptors (Lipinski definition) is 3. The normalized spacial score (nSPS) is 19.3. The van der Waals surface area contributed by atoms with E-state index in [2.05, 4.69) is 29.4 Å². The molecule has 0 bridgehead atoms. The van der Waals surface area contributed by atoms with Gasteiger partial charge in [0, 0.05) is 24.1 Å². The van der Waals surface area contributed by atoms with Crippen LogP contribution in [0.25, 0.3) is 11.3 Å². The van der Waals surface area contributed by atoms with Crippen molar-refractivity contribution < 1.29 is 9.53 Å². The van der Waals surface area contributed by atoms with Gasteiger partial charge in [-0.25, -0.2) is 0 Å². The second-order valence-corrected chi connectivity index (χ2v) is 6.83. The van der Waals surface area contributed by atoms with Gasteiger partial charge in [0.2, 0.25) is 5.91 Å². The number of hydrogen-bond donors (Lipinski definition) is 1. The number of nitrogens with zero attached hydrogens (tertiary/aromatic N) is 1. The minimum Gasteiger partial charge on any atom is -0.487 e. The number of aryl methyl sites for hydroxylation is 1. The van der Waals surface area contributed by atoms with Crippen LogP contribution in [0.3, 0.4) is 0 Å². The lowest BCUT2D eigenvalue weighted by molar-refractivity contribution is -0.127. The van der Waals surface area contributed by atoms with E-state index in [4.69, 9.17) is 4.74 Å². The predicted molar refractivity (Wildman–Crippen MR) is 92.9 cm³/mol. The fourth-order valence-corrected chi connectivity index (χ4v) is 3.45. The van der Waals surface area contributed by atoms with Gasteiger partial charge in [-0.05, 0) is 49.1 Å². The quantitative estimate of drug-likeness (QED) is 0.940. The standard InChI is InChI=1S/C20H22N2O2/c1-13-9-15-11-16(12-22-20(23)14-5-4-6-14)24-19(15)17(10-13)18-7-2-3-8-21-18/h2-3,7-10,14,16H,4-6,11-12H2,1H3,(H,22,23)/t16-/m1/s1. The Bertz CT molecular complexity index is 754. The Morgan fingerprint density at radius 1 is 1.33 bits per heavy atom. The first kappa shape index (κ1) is 15.2. The molecule has 0 unspecified atom stereocenters. The molecule has 1 amide bonds. The molecule has 1 N–H and O–H groups in total. The summed E-state index contributed by atoms with van der Waals surface area (Å²) in [6.45, 7) is 2.67. The molecule has 0 saturated heterocycles. The number of amides is 1. The molecule has 0 spiro atoms. The van der Waals surface area contributed by atoms with Crippen LogP contribution in [0.1, 0.15) is 30.4 Å². The monoisotopic (exact) mass is 322 g/mol. The Morgan fingerprint density at radius 2 is 2.21 bits per heavy atom. The van der Waals surface area contributed by atoms with Crippen LogP contribution in [0, 0.1) is 12.8 Å². The summed E-state index contributed by atoms with van der Waals surface area (Å²) in [5.41, 5.74) is 4.38. The van der Waals surface area contributed by atoms with Gasteiger partial charge in [0.15, 0.2) is 0 Å². The molecule has 1 fully saturated rings. The average Bonchev–Trinajstić information content (AvgIpc) is 2.94. The first-order valence-corrected chi connectivity index (χ1v) is 8.70. The minimum atomic E-state index is 0.00767. The summed E-state index contributed by atoms with van der Waals surface area (Å²) in [7, 11) is 0. The Morgan fingerprint density at radius 3 is 2.92 bits per heavy atom. The van der Waals surface area contributed by atoms with Gasteiger partial charge in [-0.15, -0.1) is 0 Å². The number of nitrogens with one attached hydrogen (secondary N) is 1. The summed E-state index contributed by atoms with van der Waals surface area (Å²) in [6, 6.07) is 10.2. The second kappa shape index (κ2) is 6.27. The lowest BCUT2D eigenvalue weighted by atomic mass is 9.85. The number of carbonyl (C=O) groups excluding carboxylic acids is 1. The Kier molecular flexibility index (Phi) is 3.97. The molecule has 2 aromatic rings. The zero-order valence-corrected chi connectivity index (χ0v) is 13.9. The molecule has 0 radical (unpaired) electrons. The molecule has 1 aromatic carbocycles. The Balaban J connectivity index is 1.50. The van der Waals surface area contributed by atoms with Crippen LogP contribution in [0.2, 0.25) is 0 Å². The van der Waals surface area contributed by atoms with E-state index in [-0.39, 0.29) is 17.9 Å². The van der Waals surface area contributed by atoms with Gasteiger partial charge in [0.05, 0.1) is 12.2 Å². The largest absolute Gasteiger partial charge is 0.487 e. The van der Waals surface area contributed by atoms with E-state index in [0.717, 1.165) is 36.3 Å². The smallest absolute Gasteiger partial charge is 0.223 e. The molecule has 1 aromatic heterocycles. The molecule has 124 valence electrons. The van der Waals surface area contributed by atoms with Crippen molar-refractivity contribution in [1.82, 2.24) is 10.3 Å². The predicted octanol–water partition coefficient (Wildman–Crippen LogP) is 3.28. The van der Waals surface area contributed by atoms with Crippen molar-refractivity contribution in [3.63, 3.8) is 0 Å². The van der Waals surface area contributed by atoms with Crippen molar-refractivity contribution in [2.45, 2.75) is 38.7 Å². The van der Waals surface area contributed by atoms with Crippen LogP contribution in [-0.4, -0.2) is 23.5 Å². The van der Waals surface area contributed by atoms with Crippen molar-refractivity contribution in [2.24, 2.45) is 5.92 Å². The average molecular weight is 322 g/mol. The van der Waals surface area contributed by atoms with Crippen molar-refractivity contribution in [1.29, 1.82) is 0 Å². The highest BCUT2D eigenvalue weighted by atomic mass is 16.5. The van der Waals surface area contributed by atoms with Crippen LogP contribution >= 0.6 is 0 Å². The molecule has 2 heterocycles. The van der Waals surface area contributed by atoms with Gasteiger partial charge < -0.3 is 10.1 Å². The first-order valence-electron chi connectivity index (χ1n) is 8.70.